The highest BCUT2D eigenvalue weighted by molar-refractivity contribution is 7.80. The minimum absolute atomic E-state index is 0.543. The summed E-state index contributed by atoms with van der Waals surface area (Å²) in [6, 6.07) is 22.2. The van der Waals surface area contributed by atoms with Gasteiger partial charge in [0, 0.05) is 10.3 Å². The first kappa shape index (κ1) is 20.7. The number of pyridine rings is 1. The molecule has 4 heteroatoms. The molecule has 0 unspecified atom stereocenters. The summed E-state index contributed by atoms with van der Waals surface area (Å²) >= 11 is 4.36. The lowest BCUT2D eigenvalue weighted by Gasteiger charge is -2.06. The second-order valence-corrected chi connectivity index (χ2v) is 7.57. The van der Waals surface area contributed by atoms with Crippen molar-refractivity contribution in [2.75, 3.05) is 12.8 Å². The Kier molecular flexibility index (Phi) is 6.45. The predicted molar refractivity (Wildman–Crippen MR) is 126 cm³/mol. The van der Waals surface area contributed by atoms with E-state index >= 15 is 0 Å². The maximum Gasteiger partial charge on any atom is 0.124 e. The average Bonchev–Trinajstić information content (AvgIpc) is 2.72. The lowest BCUT2D eigenvalue weighted by molar-refractivity contribution is 0.415. The van der Waals surface area contributed by atoms with Crippen LogP contribution < -0.4 is 10.5 Å². The van der Waals surface area contributed by atoms with E-state index in [1.807, 2.05) is 42.5 Å². The summed E-state index contributed by atoms with van der Waals surface area (Å²) < 4.78 is 5.25. The summed E-state index contributed by atoms with van der Waals surface area (Å²) in [6.45, 7) is 6.28. The molecule has 3 aromatic carbocycles. The van der Waals surface area contributed by atoms with Crippen LogP contribution in [-0.4, -0.2) is 12.1 Å². The van der Waals surface area contributed by atoms with Crippen molar-refractivity contribution in [2.45, 2.75) is 25.7 Å². The van der Waals surface area contributed by atoms with E-state index in [1.165, 1.54) is 16.7 Å². The Morgan fingerprint density at radius 3 is 2.21 bits per heavy atom. The lowest BCUT2D eigenvalue weighted by Crippen LogP contribution is -1.90. The van der Waals surface area contributed by atoms with Crippen molar-refractivity contribution in [2.24, 2.45) is 0 Å². The lowest BCUT2D eigenvalue weighted by atomic mass is 10.0. The monoisotopic (exact) mass is 402 g/mol. The maximum atomic E-state index is 5.68. The van der Waals surface area contributed by atoms with E-state index in [0.29, 0.717) is 5.82 Å². The fourth-order valence-corrected chi connectivity index (χ4v) is 3.43. The fraction of sp³-hybridized carbons (Fsp3) is 0.160. The number of nitrogen functional groups attached to an aromatic ring is 1. The number of anilines is 1. The molecule has 3 nitrogen and oxygen atoms in total. The number of nitrogens with zero attached hydrogens (tertiary/aromatic N) is 1. The number of aryl methyl sites for hydroxylation is 3. The molecule has 29 heavy (non-hydrogen) atoms. The molecular weight excluding hydrogens is 376 g/mol. The van der Waals surface area contributed by atoms with Gasteiger partial charge in [-0.05, 0) is 79.4 Å². The number of nitrogens with two attached hydrogens (primary N) is 1. The van der Waals surface area contributed by atoms with Gasteiger partial charge in [-0.15, -0.1) is 12.6 Å². The summed E-state index contributed by atoms with van der Waals surface area (Å²) in [5.74, 6) is 1.40. The molecule has 0 saturated heterocycles. The highest BCUT2D eigenvalue weighted by Gasteiger charge is 2.02. The molecular formula is C25H26N2OS. The topological polar surface area (TPSA) is 48.1 Å². The van der Waals surface area contributed by atoms with E-state index in [0.717, 1.165) is 32.7 Å². The van der Waals surface area contributed by atoms with Crippen molar-refractivity contribution in [3.8, 4) is 16.9 Å². The summed E-state index contributed by atoms with van der Waals surface area (Å²) in [7, 11) is 1.67. The molecule has 2 N–H and O–H groups in total. The van der Waals surface area contributed by atoms with Crippen molar-refractivity contribution in [1.29, 1.82) is 0 Å². The van der Waals surface area contributed by atoms with Crippen molar-refractivity contribution < 1.29 is 4.74 Å². The first-order valence-electron chi connectivity index (χ1n) is 9.45. The molecule has 0 saturated carbocycles. The summed E-state index contributed by atoms with van der Waals surface area (Å²) in [5.41, 5.74) is 12.7. The number of rotatable bonds is 2. The van der Waals surface area contributed by atoms with Crippen LogP contribution in [0.15, 0.2) is 71.6 Å². The number of methoxy groups -OCH3 is 1. The number of hydrogen-bond donors (Lipinski definition) is 2. The molecule has 148 valence electrons. The van der Waals surface area contributed by atoms with Crippen molar-refractivity contribution in [3.63, 3.8) is 0 Å². The number of benzene rings is 3. The van der Waals surface area contributed by atoms with Gasteiger partial charge in [0.25, 0.3) is 0 Å². The number of ether oxygens (including phenoxy) is 1. The third-order valence-electron chi connectivity index (χ3n) is 4.75. The predicted octanol–water partition coefficient (Wildman–Crippen LogP) is 6.39. The molecule has 1 heterocycles. The molecule has 4 aromatic rings. The Balaban J connectivity index is 0.000000204. The first-order chi connectivity index (χ1) is 13.9. The molecule has 0 atom stereocenters. The van der Waals surface area contributed by atoms with Gasteiger partial charge in [-0.2, -0.15) is 0 Å². The van der Waals surface area contributed by atoms with E-state index in [4.69, 9.17) is 10.5 Å². The average molecular weight is 403 g/mol. The van der Waals surface area contributed by atoms with Gasteiger partial charge < -0.3 is 10.5 Å². The molecule has 0 amide bonds. The number of fused-ring (bicyclic) bond motifs is 1. The quantitative estimate of drug-likeness (QED) is 0.382. The SMILES string of the molecule is COc1cccc(-c2ccc3nc(N)ccc3c2)c1.Cc1cc(C)c(S)c(C)c1. The largest absolute Gasteiger partial charge is 0.497 e. The number of hydrogen-bond acceptors (Lipinski definition) is 4. The van der Waals surface area contributed by atoms with Gasteiger partial charge in [0.05, 0.1) is 12.6 Å². The molecule has 0 spiro atoms. The van der Waals surface area contributed by atoms with Crippen molar-refractivity contribution in [1.82, 2.24) is 4.98 Å². The third-order valence-corrected chi connectivity index (χ3v) is 5.45. The zero-order chi connectivity index (χ0) is 21.0. The van der Waals surface area contributed by atoms with Gasteiger partial charge in [0.15, 0.2) is 0 Å². The van der Waals surface area contributed by atoms with E-state index in [1.54, 1.807) is 7.11 Å². The van der Waals surface area contributed by atoms with Crippen LogP contribution in [0.4, 0.5) is 5.82 Å². The van der Waals surface area contributed by atoms with Crippen LogP contribution in [0.1, 0.15) is 16.7 Å². The molecule has 0 bridgehead atoms. The molecule has 0 radical (unpaired) electrons. The van der Waals surface area contributed by atoms with Gasteiger partial charge >= 0.3 is 0 Å². The Morgan fingerprint density at radius 2 is 1.52 bits per heavy atom. The zero-order valence-corrected chi connectivity index (χ0v) is 18.1. The van der Waals surface area contributed by atoms with Crippen LogP contribution >= 0.6 is 12.6 Å². The van der Waals surface area contributed by atoms with Gasteiger partial charge in [-0.3, -0.25) is 0 Å². The number of thiol groups is 1. The van der Waals surface area contributed by atoms with E-state index in [2.05, 4.69) is 62.6 Å². The minimum Gasteiger partial charge on any atom is -0.497 e. The molecule has 4 rings (SSSR count). The molecule has 0 aliphatic rings. The molecule has 0 aliphatic carbocycles. The van der Waals surface area contributed by atoms with Crippen LogP contribution in [0.5, 0.6) is 5.75 Å². The van der Waals surface area contributed by atoms with Crippen LogP contribution in [0.2, 0.25) is 0 Å². The fourth-order valence-electron chi connectivity index (χ4n) is 3.30. The zero-order valence-electron chi connectivity index (χ0n) is 17.2. The second kappa shape index (κ2) is 9.01. The first-order valence-corrected chi connectivity index (χ1v) is 9.89. The van der Waals surface area contributed by atoms with Gasteiger partial charge in [0.2, 0.25) is 0 Å². The normalized spacial score (nSPS) is 10.4. The summed E-state index contributed by atoms with van der Waals surface area (Å²) in [4.78, 5) is 5.41. The summed E-state index contributed by atoms with van der Waals surface area (Å²) in [6.07, 6.45) is 0. The Bertz CT molecular complexity index is 1130. The van der Waals surface area contributed by atoms with Crippen molar-refractivity contribution in [3.05, 3.63) is 83.4 Å². The summed E-state index contributed by atoms with van der Waals surface area (Å²) in [5, 5.41) is 1.08. The smallest absolute Gasteiger partial charge is 0.124 e. The van der Waals surface area contributed by atoms with Crippen LogP contribution in [0, 0.1) is 20.8 Å². The van der Waals surface area contributed by atoms with Crippen LogP contribution in [0.25, 0.3) is 22.0 Å². The maximum absolute atomic E-state index is 5.68. The second-order valence-electron chi connectivity index (χ2n) is 7.12. The molecule has 1 aromatic heterocycles. The third kappa shape index (κ3) is 5.09. The van der Waals surface area contributed by atoms with Gasteiger partial charge in [0.1, 0.15) is 11.6 Å². The highest BCUT2D eigenvalue weighted by atomic mass is 32.1. The van der Waals surface area contributed by atoms with E-state index in [-0.39, 0.29) is 0 Å². The van der Waals surface area contributed by atoms with Gasteiger partial charge in [-0.1, -0.05) is 35.9 Å². The van der Waals surface area contributed by atoms with Crippen LogP contribution in [-0.2, 0) is 0 Å². The van der Waals surface area contributed by atoms with Gasteiger partial charge in [-0.25, -0.2) is 4.98 Å². The standard InChI is InChI=1S/C16H14N2O.C9H12S/c1-19-14-4-2-3-11(10-14)12-5-7-15-13(9-12)6-8-16(17)18-15;1-6-4-7(2)9(10)8(3)5-6/h2-10H,1H3,(H2,17,18);4-5,10H,1-3H3. The van der Waals surface area contributed by atoms with Crippen molar-refractivity contribution >= 4 is 29.3 Å². The Labute approximate surface area is 178 Å². The Hall–Kier alpha value is -2.98. The number of aromatic nitrogens is 1. The van der Waals surface area contributed by atoms with E-state index < -0.39 is 0 Å². The van der Waals surface area contributed by atoms with E-state index in [9.17, 15) is 0 Å². The molecule has 0 aliphatic heterocycles. The van der Waals surface area contributed by atoms with Crippen LogP contribution in [0.3, 0.4) is 0 Å². The Morgan fingerprint density at radius 1 is 0.828 bits per heavy atom. The minimum atomic E-state index is 0.543. The molecule has 0 fully saturated rings. The highest BCUT2D eigenvalue weighted by Crippen LogP contribution is 2.27.